The summed E-state index contributed by atoms with van der Waals surface area (Å²) in [5.74, 6) is 0. The van der Waals surface area contributed by atoms with E-state index >= 15 is 0 Å². The van der Waals surface area contributed by atoms with Crippen LogP contribution in [0.25, 0.3) is 22.3 Å². The summed E-state index contributed by atoms with van der Waals surface area (Å²) >= 11 is 0. The topological polar surface area (TPSA) is 18.5 Å². The molecule has 0 saturated carbocycles. The van der Waals surface area contributed by atoms with Gasteiger partial charge in [0, 0.05) is 45.5 Å². The van der Waals surface area contributed by atoms with Crippen LogP contribution >= 0.6 is 0 Å². The Kier molecular flexibility index (Phi) is 9.08. The molecule has 8 aromatic carbocycles. The Morgan fingerprint density at radius 2 is 0.451 bits per heavy atom. The summed E-state index contributed by atoms with van der Waals surface area (Å²) < 4.78 is 0. The van der Waals surface area contributed by atoms with Crippen molar-refractivity contribution >= 4 is 45.5 Å². The maximum atomic E-state index is 3.47. The SMILES string of the molecule is c1ccc(Nc2ccc(-c3ccc(N(c4ccccc4)c4ccc(-c5ccc(N(c6ccccc6)c6ccccc6)cc5)cc4)cc3)cc2)cc1. The van der Waals surface area contributed by atoms with Crippen molar-refractivity contribution in [1.82, 2.24) is 0 Å². The van der Waals surface area contributed by atoms with Crippen LogP contribution in [0.5, 0.6) is 0 Å². The first-order valence-corrected chi connectivity index (χ1v) is 17.3. The molecule has 0 atom stereocenters. The first kappa shape index (κ1) is 31.4. The van der Waals surface area contributed by atoms with Gasteiger partial charge in [-0.2, -0.15) is 0 Å². The molecule has 0 saturated heterocycles. The Bertz CT molecular complexity index is 2230. The molecule has 8 aromatic rings. The van der Waals surface area contributed by atoms with Crippen LogP contribution in [0.1, 0.15) is 0 Å². The van der Waals surface area contributed by atoms with Crippen molar-refractivity contribution in [3.63, 3.8) is 0 Å². The molecule has 0 bridgehead atoms. The lowest BCUT2D eigenvalue weighted by atomic mass is 10.0. The highest BCUT2D eigenvalue weighted by atomic mass is 15.1. The van der Waals surface area contributed by atoms with Crippen molar-refractivity contribution in [3.05, 3.63) is 218 Å². The summed E-state index contributed by atoms with van der Waals surface area (Å²) in [4.78, 5) is 4.59. The molecule has 0 aromatic heterocycles. The molecular weight excluding hydrogens is 619 g/mol. The summed E-state index contributed by atoms with van der Waals surface area (Å²) in [7, 11) is 0. The molecular formula is C48H37N3. The van der Waals surface area contributed by atoms with Gasteiger partial charge in [-0.25, -0.2) is 0 Å². The third-order valence-electron chi connectivity index (χ3n) is 9.03. The summed E-state index contributed by atoms with van der Waals surface area (Å²) in [6, 6.07) is 76.9. The molecule has 0 radical (unpaired) electrons. The smallest absolute Gasteiger partial charge is 0.0462 e. The van der Waals surface area contributed by atoms with Crippen LogP contribution in [-0.4, -0.2) is 0 Å². The van der Waals surface area contributed by atoms with Crippen LogP contribution in [0.3, 0.4) is 0 Å². The van der Waals surface area contributed by atoms with Crippen LogP contribution in [-0.2, 0) is 0 Å². The molecule has 0 unspecified atom stereocenters. The van der Waals surface area contributed by atoms with Gasteiger partial charge < -0.3 is 15.1 Å². The highest BCUT2D eigenvalue weighted by molar-refractivity contribution is 5.81. The average molecular weight is 656 g/mol. The minimum absolute atomic E-state index is 1.07. The van der Waals surface area contributed by atoms with E-state index in [-0.39, 0.29) is 0 Å². The van der Waals surface area contributed by atoms with E-state index in [4.69, 9.17) is 0 Å². The van der Waals surface area contributed by atoms with E-state index in [9.17, 15) is 0 Å². The zero-order valence-electron chi connectivity index (χ0n) is 28.2. The predicted octanol–water partition coefficient (Wildman–Crippen LogP) is 13.7. The second kappa shape index (κ2) is 14.7. The average Bonchev–Trinajstić information content (AvgIpc) is 3.21. The van der Waals surface area contributed by atoms with E-state index in [2.05, 4.69) is 215 Å². The normalized spacial score (nSPS) is 10.7. The van der Waals surface area contributed by atoms with Gasteiger partial charge in [0.25, 0.3) is 0 Å². The summed E-state index contributed by atoms with van der Waals surface area (Å²) in [6.45, 7) is 0. The number of para-hydroxylation sites is 4. The number of nitrogens with zero attached hydrogens (tertiary/aromatic N) is 2. The van der Waals surface area contributed by atoms with E-state index in [1.165, 1.54) is 22.3 Å². The van der Waals surface area contributed by atoms with Crippen LogP contribution in [0.4, 0.5) is 45.5 Å². The predicted molar refractivity (Wildman–Crippen MR) is 216 cm³/mol. The second-order valence-corrected chi connectivity index (χ2v) is 12.4. The Morgan fingerprint density at radius 1 is 0.216 bits per heavy atom. The Balaban J connectivity index is 1.04. The van der Waals surface area contributed by atoms with Crippen molar-refractivity contribution in [2.24, 2.45) is 0 Å². The molecule has 0 aliphatic rings. The Labute approximate surface area is 300 Å². The highest BCUT2D eigenvalue weighted by Gasteiger charge is 2.14. The molecule has 3 nitrogen and oxygen atoms in total. The largest absolute Gasteiger partial charge is 0.356 e. The Hall–Kier alpha value is -6.84. The lowest BCUT2D eigenvalue weighted by Gasteiger charge is -2.26. The molecule has 51 heavy (non-hydrogen) atoms. The summed E-state index contributed by atoms with van der Waals surface area (Å²) in [6.07, 6.45) is 0. The van der Waals surface area contributed by atoms with Gasteiger partial charge in [0.1, 0.15) is 0 Å². The van der Waals surface area contributed by atoms with Gasteiger partial charge in [0.15, 0.2) is 0 Å². The number of nitrogens with one attached hydrogen (secondary N) is 1. The summed E-state index contributed by atoms with van der Waals surface area (Å²) in [5.41, 5.74) is 13.5. The molecule has 0 heterocycles. The van der Waals surface area contributed by atoms with Crippen LogP contribution in [0.15, 0.2) is 218 Å². The number of benzene rings is 8. The molecule has 1 N–H and O–H groups in total. The third kappa shape index (κ3) is 7.15. The minimum atomic E-state index is 1.07. The lowest BCUT2D eigenvalue weighted by molar-refractivity contribution is 1.28. The monoisotopic (exact) mass is 655 g/mol. The maximum absolute atomic E-state index is 3.47. The highest BCUT2D eigenvalue weighted by Crippen LogP contribution is 2.38. The van der Waals surface area contributed by atoms with E-state index in [1.54, 1.807) is 0 Å². The quantitative estimate of drug-likeness (QED) is 0.158. The number of rotatable bonds is 10. The van der Waals surface area contributed by atoms with Crippen LogP contribution < -0.4 is 15.1 Å². The van der Waals surface area contributed by atoms with Crippen molar-refractivity contribution in [2.45, 2.75) is 0 Å². The number of hydrogen-bond acceptors (Lipinski definition) is 3. The second-order valence-electron chi connectivity index (χ2n) is 12.4. The van der Waals surface area contributed by atoms with E-state index in [0.29, 0.717) is 0 Å². The van der Waals surface area contributed by atoms with Crippen molar-refractivity contribution < 1.29 is 0 Å². The van der Waals surface area contributed by atoms with Gasteiger partial charge in [-0.05, 0) is 119 Å². The minimum Gasteiger partial charge on any atom is -0.356 e. The molecule has 0 amide bonds. The van der Waals surface area contributed by atoms with Crippen molar-refractivity contribution in [1.29, 1.82) is 0 Å². The first-order valence-electron chi connectivity index (χ1n) is 17.3. The van der Waals surface area contributed by atoms with E-state index in [0.717, 1.165) is 45.5 Å². The molecule has 0 aliphatic heterocycles. The number of anilines is 8. The Morgan fingerprint density at radius 3 is 0.765 bits per heavy atom. The molecule has 3 heteroatoms. The molecule has 244 valence electrons. The van der Waals surface area contributed by atoms with E-state index < -0.39 is 0 Å². The maximum Gasteiger partial charge on any atom is 0.0462 e. The van der Waals surface area contributed by atoms with Crippen molar-refractivity contribution in [3.8, 4) is 22.3 Å². The van der Waals surface area contributed by atoms with Gasteiger partial charge in [-0.3, -0.25) is 0 Å². The van der Waals surface area contributed by atoms with Gasteiger partial charge in [-0.1, -0.05) is 121 Å². The number of hydrogen-bond donors (Lipinski definition) is 1. The molecule has 0 spiro atoms. The fourth-order valence-corrected chi connectivity index (χ4v) is 6.47. The third-order valence-corrected chi connectivity index (χ3v) is 9.03. The van der Waals surface area contributed by atoms with E-state index in [1.807, 2.05) is 18.2 Å². The summed E-state index contributed by atoms with van der Waals surface area (Å²) in [5, 5.41) is 3.47. The molecule has 0 aliphatic carbocycles. The fourth-order valence-electron chi connectivity index (χ4n) is 6.47. The van der Waals surface area contributed by atoms with Crippen LogP contribution in [0, 0.1) is 0 Å². The lowest BCUT2D eigenvalue weighted by Crippen LogP contribution is -2.09. The molecule has 0 fully saturated rings. The van der Waals surface area contributed by atoms with Crippen LogP contribution in [0.2, 0.25) is 0 Å². The zero-order valence-corrected chi connectivity index (χ0v) is 28.2. The van der Waals surface area contributed by atoms with Crippen molar-refractivity contribution in [2.75, 3.05) is 15.1 Å². The first-order chi connectivity index (χ1) is 25.3. The van der Waals surface area contributed by atoms with Gasteiger partial charge in [0.2, 0.25) is 0 Å². The fraction of sp³-hybridized carbons (Fsp3) is 0. The standard InChI is InChI=1S/C48H37N3/c1-5-13-41(14-6-1)49-42-29-21-37(22-30-42)38-23-33-47(34-24-38)51(45-19-11-4-12-20-45)48-35-27-40(28-36-48)39-25-31-46(32-26-39)50(43-15-7-2-8-16-43)44-17-9-3-10-18-44/h1-36,49H. The molecule has 8 rings (SSSR count). The zero-order chi connectivity index (χ0) is 34.2. The van der Waals surface area contributed by atoms with Gasteiger partial charge in [0.05, 0.1) is 0 Å². The van der Waals surface area contributed by atoms with Gasteiger partial charge >= 0.3 is 0 Å². The van der Waals surface area contributed by atoms with Gasteiger partial charge in [-0.15, -0.1) is 0 Å².